The Morgan fingerprint density at radius 2 is 1.67 bits per heavy atom. The summed E-state index contributed by atoms with van der Waals surface area (Å²) in [4.78, 5) is 30.4. The van der Waals surface area contributed by atoms with Gasteiger partial charge in [-0.05, 0) is 82.6 Å². The SMILES string of the molecule is Cc1ccccc1COc1ccc(C(O)=C2C(=O)C(=O)N(CCN3CCOCC3)C2c2ccc(I)cc2)cc1. The molecule has 2 aliphatic rings. The van der Waals surface area contributed by atoms with E-state index in [1.165, 1.54) is 0 Å². The summed E-state index contributed by atoms with van der Waals surface area (Å²) in [6.45, 7) is 6.37. The standard InChI is InChI=1S/C31H31IN2O5/c1-21-4-2-3-5-24(21)20-39-26-12-8-23(9-13-26)29(35)27-28(22-6-10-25(32)11-7-22)34(31(37)30(27)36)15-14-33-16-18-38-19-17-33/h2-13,28,35H,14-20H2,1H3. The summed E-state index contributed by atoms with van der Waals surface area (Å²) >= 11 is 2.22. The minimum absolute atomic E-state index is 0.108. The number of carbonyl (C=O) groups excluding carboxylic acids is 2. The zero-order valence-corrected chi connectivity index (χ0v) is 24.0. The fourth-order valence-electron chi connectivity index (χ4n) is 4.97. The summed E-state index contributed by atoms with van der Waals surface area (Å²) in [5, 5.41) is 11.4. The predicted molar refractivity (Wildman–Crippen MR) is 157 cm³/mol. The predicted octanol–water partition coefficient (Wildman–Crippen LogP) is 4.93. The second-order valence-corrected chi connectivity index (χ2v) is 11.0. The molecule has 2 aliphatic heterocycles. The molecule has 3 aromatic carbocycles. The van der Waals surface area contributed by atoms with Gasteiger partial charge in [-0.3, -0.25) is 14.5 Å². The van der Waals surface area contributed by atoms with Crippen molar-refractivity contribution < 1.29 is 24.2 Å². The smallest absolute Gasteiger partial charge is 0.295 e. The van der Waals surface area contributed by atoms with Crippen LogP contribution in [0, 0.1) is 10.5 Å². The maximum absolute atomic E-state index is 13.3. The van der Waals surface area contributed by atoms with Crippen molar-refractivity contribution in [1.82, 2.24) is 9.80 Å². The van der Waals surface area contributed by atoms with Crippen molar-refractivity contribution in [3.05, 3.63) is 104 Å². The highest BCUT2D eigenvalue weighted by Gasteiger charge is 2.46. The van der Waals surface area contributed by atoms with Crippen LogP contribution >= 0.6 is 22.6 Å². The van der Waals surface area contributed by atoms with Gasteiger partial charge in [-0.2, -0.15) is 0 Å². The lowest BCUT2D eigenvalue weighted by atomic mass is 9.95. The van der Waals surface area contributed by atoms with E-state index in [0.29, 0.717) is 44.2 Å². The van der Waals surface area contributed by atoms with Crippen molar-refractivity contribution >= 4 is 40.0 Å². The Morgan fingerprint density at radius 3 is 2.36 bits per heavy atom. The first kappa shape index (κ1) is 27.4. The molecule has 0 radical (unpaired) electrons. The number of aliphatic hydroxyl groups is 1. The van der Waals surface area contributed by atoms with Crippen LogP contribution in [0.25, 0.3) is 5.76 Å². The number of halogens is 1. The number of morpholine rings is 1. The number of aryl methyl sites for hydroxylation is 1. The Morgan fingerprint density at radius 1 is 0.974 bits per heavy atom. The first-order chi connectivity index (χ1) is 18.9. The average Bonchev–Trinajstić information content (AvgIpc) is 3.21. The molecule has 7 nitrogen and oxygen atoms in total. The van der Waals surface area contributed by atoms with Crippen molar-refractivity contribution in [3.8, 4) is 5.75 Å². The number of ketones is 1. The molecule has 8 heteroatoms. The second kappa shape index (κ2) is 12.3. The van der Waals surface area contributed by atoms with Crippen LogP contribution in [0.4, 0.5) is 0 Å². The second-order valence-electron chi connectivity index (χ2n) is 9.74. The van der Waals surface area contributed by atoms with Gasteiger partial charge in [0.1, 0.15) is 18.1 Å². The Labute approximate surface area is 242 Å². The summed E-state index contributed by atoms with van der Waals surface area (Å²) in [5.41, 5.74) is 3.60. The Kier molecular flexibility index (Phi) is 8.64. The lowest BCUT2D eigenvalue weighted by molar-refractivity contribution is -0.140. The Balaban J connectivity index is 1.41. The van der Waals surface area contributed by atoms with Gasteiger partial charge in [-0.25, -0.2) is 0 Å². The number of hydrogen-bond donors (Lipinski definition) is 1. The number of aliphatic hydroxyl groups excluding tert-OH is 1. The number of amides is 1. The summed E-state index contributed by atoms with van der Waals surface area (Å²) < 4.78 is 12.4. The third kappa shape index (κ3) is 6.18. The van der Waals surface area contributed by atoms with Crippen molar-refractivity contribution in [3.63, 3.8) is 0 Å². The monoisotopic (exact) mass is 638 g/mol. The molecule has 39 heavy (non-hydrogen) atoms. The molecule has 0 aliphatic carbocycles. The van der Waals surface area contributed by atoms with E-state index in [4.69, 9.17) is 9.47 Å². The van der Waals surface area contributed by atoms with Crippen LogP contribution in [-0.2, 0) is 20.9 Å². The van der Waals surface area contributed by atoms with Gasteiger partial charge in [0, 0.05) is 35.3 Å². The van der Waals surface area contributed by atoms with Gasteiger partial charge < -0.3 is 19.5 Å². The van der Waals surface area contributed by atoms with Gasteiger partial charge >= 0.3 is 0 Å². The molecule has 1 unspecified atom stereocenters. The molecule has 202 valence electrons. The molecule has 0 bridgehead atoms. The van der Waals surface area contributed by atoms with Gasteiger partial charge in [0.15, 0.2) is 0 Å². The van der Waals surface area contributed by atoms with Crippen molar-refractivity contribution in [2.24, 2.45) is 0 Å². The van der Waals surface area contributed by atoms with Crippen LogP contribution in [0.1, 0.15) is 28.3 Å². The quantitative estimate of drug-likeness (QED) is 0.163. The van der Waals surface area contributed by atoms with E-state index in [-0.39, 0.29) is 11.3 Å². The summed E-state index contributed by atoms with van der Waals surface area (Å²) in [5.74, 6) is -0.796. The normalized spacial score (nSPS) is 19.4. The summed E-state index contributed by atoms with van der Waals surface area (Å²) in [6.07, 6.45) is 0. The van der Waals surface area contributed by atoms with E-state index in [1.807, 2.05) is 55.5 Å². The molecule has 3 aromatic rings. The fraction of sp³-hybridized carbons (Fsp3) is 0.290. The molecule has 1 N–H and O–H groups in total. The van der Waals surface area contributed by atoms with Crippen LogP contribution in [0.3, 0.4) is 0 Å². The molecule has 0 spiro atoms. The zero-order valence-electron chi connectivity index (χ0n) is 21.8. The van der Waals surface area contributed by atoms with Crippen LogP contribution in [0.2, 0.25) is 0 Å². The number of likely N-dealkylation sites (tertiary alicyclic amines) is 1. The van der Waals surface area contributed by atoms with E-state index >= 15 is 0 Å². The highest BCUT2D eigenvalue weighted by atomic mass is 127. The molecular formula is C31H31IN2O5. The molecule has 2 saturated heterocycles. The van der Waals surface area contributed by atoms with E-state index in [2.05, 4.69) is 27.5 Å². The van der Waals surface area contributed by atoms with Gasteiger partial charge in [0.25, 0.3) is 11.7 Å². The minimum atomic E-state index is -0.669. The third-order valence-electron chi connectivity index (χ3n) is 7.27. The zero-order chi connectivity index (χ0) is 27.4. The number of carbonyl (C=O) groups is 2. The third-order valence-corrected chi connectivity index (χ3v) is 7.99. The lowest BCUT2D eigenvalue weighted by Crippen LogP contribution is -2.42. The van der Waals surface area contributed by atoms with Gasteiger partial charge in [-0.1, -0.05) is 36.4 Å². The molecule has 1 amide bonds. The van der Waals surface area contributed by atoms with Crippen molar-refractivity contribution in [2.75, 3.05) is 39.4 Å². The van der Waals surface area contributed by atoms with E-state index in [9.17, 15) is 14.7 Å². The van der Waals surface area contributed by atoms with E-state index < -0.39 is 17.7 Å². The fourth-order valence-corrected chi connectivity index (χ4v) is 5.33. The van der Waals surface area contributed by atoms with E-state index in [0.717, 1.165) is 33.4 Å². The average molecular weight is 639 g/mol. The van der Waals surface area contributed by atoms with Crippen molar-refractivity contribution in [1.29, 1.82) is 0 Å². The number of Topliss-reactive ketones (excluding diaryl/α,β-unsaturated/α-hetero) is 1. The maximum atomic E-state index is 13.3. The van der Waals surface area contributed by atoms with Crippen molar-refractivity contribution in [2.45, 2.75) is 19.6 Å². The Hall–Kier alpha value is -3.21. The highest BCUT2D eigenvalue weighted by molar-refractivity contribution is 14.1. The van der Waals surface area contributed by atoms with Gasteiger partial charge in [0.2, 0.25) is 0 Å². The largest absolute Gasteiger partial charge is 0.507 e. The molecule has 0 aromatic heterocycles. The van der Waals surface area contributed by atoms with E-state index in [1.54, 1.807) is 29.2 Å². The highest BCUT2D eigenvalue weighted by Crippen LogP contribution is 2.39. The minimum Gasteiger partial charge on any atom is -0.507 e. The number of ether oxygens (including phenoxy) is 2. The molecule has 2 fully saturated rings. The summed E-state index contributed by atoms with van der Waals surface area (Å²) in [7, 11) is 0. The van der Waals surface area contributed by atoms with Crippen LogP contribution in [0.15, 0.2) is 78.4 Å². The molecular weight excluding hydrogens is 607 g/mol. The summed E-state index contributed by atoms with van der Waals surface area (Å²) in [6, 6.07) is 22.0. The Bertz CT molecular complexity index is 1360. The maximum Gasteiger partial charge on any atom is 0.295 e. The first-order valence-electron chi connectivity index (χ1n) is 13.0. The number of nitrogens with zero attached hydrogens (tertiary/aromatic N) is 2. The molecule has 1 atom stereocenters. The van der Waals surface area contributed by atoms with Gasteiger partial charge in [0.05, 0.1) is 24.8 Å². The van der Waals surface area contributed by atoms with Crippen LogP contribution in [-0.4, -0.2) is 66.0 Å². The first-order valence-corrected chi connectivity index (χ1v) is 14.1. The number of rotatable bonds is 8. The van der Waals surface area contributed by atoms with Crippen LogP contribution in [0.5, 0.6) is 5.75 Å². The topological polar surface area (TPSA) is 79.3 Å². The molecule has 2 heterocycles. The molecule has 5 rings (SSSR count). The molecule has 0 saturated carbocycles. The van der Waals surface area contributed by atoms with Crippen LogP contribution < -0.4 is 4.74 Å². The number of hydrogen-bond acceptors (Lipinski definition) is 6. The lowest BCUT2D eigenvalue weighted by Gasteiger charge is -2.31. The number of benzene rings is 3. The van der Waals surface area contributed by atoms with Gasteiger partial charge in [-0.15, -0.1) is 0 Å².